The number of aromatic nitrogens is 1. The molecule has 1 heterocycles. The molecule has 4 nitrogen and oxygen atoms in total. The lowest BCUT2D eigenvalue weighted by molar-refractivity contribution is 0.0621. The highest BCUT2D eigenvalue weighted by Crippen LogP contribution is 2.15. The number of amides is 1. The summed E-state index contributed by atoms with van der Waals surface area (Å²) in [5, 5.41) is 9.18. The molecule has 19 heavy (non-hydrogen) atoms. The maximum atomic E-state index is 12.6. The second-order valence-electron chi connectivity index (χ2n) is 4.78. The Kier molecular flexibility index (Phi) is 5.96. The van der Waals surface area contributed by atoms with E-state index in [1.165, 1.54) is 0 Å². The van der Waals surface area contributed by atoms with Crippen molar-refractivity contribution in [2.75, 3.05) is 13.2 Å². The van der Waals surface area contributed by atoms with E-state index in [1.54, 1.807) is 4.90 Å². The fourth-order valence-corrected chi connectivity index (χ4v) is 2.35. The Bertz CT molecular complexity index is 428. The number of nitrogens with zero attached hydrogens (tertiary/aromatic N) is 2. The molecule has 1 amide bonds. The third kappa shape index (κ3) is 3.77. The molecule has 0 bridgehead atoms. The minimum atomic E-state index is -0.0345. The summed E-state index contributed by atoms with van der Waals surface area (Å²) in [6, 6.07) is 3.84. The Morgan fingerprint density at radius 1 is 1.32 bits per heavy atom. The highest BCUT2D eigenvalue weighted by molar-refractivity contribution is 5.95. The van der Waals surface area contributed by atoms with Gasteiger partial charge in [-0.3, -0.25) is 9.78 Å². The molecule has 0 saturated heterocycles. The number of rotatable bonds is 6. The topological polar surface area (TPSA) is 53.4 Å². The van der Waals surface area contributed by atoms with Crippen molar-refractivity contribution in [3.63, 3.8) is 0 Å². The monoisotopic (exact) mass is 264 g/mol. The van der Waals surface area contributed by atoms with Gasteiger partial charge in [-0.25, -0.2) is 0 Å². The molecule has 0 aromatic carbocycles. The lowest BCUT2D eigenvalue weighted by Gasteiger charge is -2.30. The van der Waals surface area contributed by atoms with Crippen molar-refractivity contribution in [1.82, 2.24) is 9.88 Å². The maximum absolute atomic E-state index is 12.6. The number of aryl methyl sites for hydroxylation is 2. The van der Waals surface area contributed by atoms with Crippen LogP contribution in [0.2, 0.25) is 0 Å². The first-order valence-electron chi connectivity index (χ1n) is 6.91. The summed E-state index contributed by atoms with van der Waals surface area (Å²) in [5.74, 6) is -0.0345. The molecule has 0 aliphatic carbocycles. The average molecular weight is 264 g/mol. The van der Waals surface area contributed by atoms with Gasteiger partial charge in [-0.05, 0) is 38.8 Å². The van der Waals surface area contributed by atoms with Gasteiger partial charge in [-0.1, -0.05) is 13.8 Å². The molecule has 0 aliphatic heterocycles. The predicted molar refractivity (Wildman–Crippen MR) is 76.2 cm³/mol. The third-order valence-electron chi connectivity index (χ3n) is 3.44. The van der Waals surface area contributed by atoms with E-state index in [-0.39, 0.29) is 18.6 Å². The van der Waals surface area contributed by atoms with Crippen molar-refractivity contribution in [2.24, 2.45) is 0 Å². The van der Waals surface area contributed by atoms with Gasteiger partial charge in [0.15, 0.2) is 0 Å². The molecule has 0 unspecified atom stereocenters. The van der Waals surface area contributed by atoms with E-state index in [2.05, 4.69) is 18.8 Å². The van der Waals surface area contributed by atoms with Crippen LogP contribution in [-0.4, -0.2) is 40.1 Å². The summed E-state index contributed by atoms with van der Waals surface area (Å²) in [6.45, 7) is 8.25. The third-order valence-corrected chi connectivity index (χ3v) is 3.44. The molecule has 1 aromatic rings. The zero-order chi connectivity index (χ0) is 14.4. The molecule has 0 saturated carbocycles. The second-order valence-corrected chi connectivity index (χ2v) is 4.78. The number of carbonyl (C=O) groups excluding carboxylic acids is 1. The Balaban J connectivity index is 3.04. The molecule has 0 aliphatic rings. The van der Waals surface area contributed by atoms with Crippen LogP contribution in [-0.2, 0) is 0 Å². The molecule has 0 spiro atoms. The minimum Gasteiger partial charge on any atom is -0.395 e. The fourth-order valence-electron chi connectivity index (χ4n) is 2.35. The van der Waals surface area contributed by atoms with E-state index in [1.807, 2.05) is 26.0 Å². The molecule has 1 N–H and O–H groups in total. The Labute approximate surface area is 115 Å². The van der Waals surface area contributed by atoms with Crippen molar-refractivity contribution < 1.29 is 9.90 Å². The number of hydrogen-bond donors (Lipinski definition) is 1. The molecule has 106 valence electrons. The van der Waals surface area contributed by atoms with Crippen LogP contribution in [0, 0.1) is 13.8 Å². The summed E-state index contributed by atoms with van der Waals surface area (Å²) >= 11 is 0. The maximum Gasteiger partial charge on any atom is 0.256 e. The number of carbonyl (C=O) groups is 1. The Morgan fingerprint density at radius 3 is 2.42 bits per heavy atom. The van der Waals surface area contributed by atoms with E-state index < -0.39 is 0 Å². The molecule has 1 aromatic heterocycles. The molecule has 1 rings (SSSR count). The molecule has 0 fully saturated rings. The van der Waals surface area contributed by atoms with E-state index in [4.69, 9.17) is 0 Å². The lowest BCUT2D eigenvalue weighted by atomic mass is 10.1. The van der Waals surface area contributed by atoms with Gasteiger partial charge in [0.25, 0.3) is 5.91 Å². The summed E-state index contributed by atoms with van der Waals surface area (Å²) in [7, 11) is 0. The normalized spacial score (nSPS) is 10.8. The Morgan fingerprint density at radius 2 is 1.95 bits per heavy atom. The largest absolute Gasteiger partial charge is 0.395 e. The Hall–Kier alpha value is -1.42. The van der Waals surface area contributed by atoms with Crippen LogP contribution in [0.5, 0.6) is 0 Å². The second kappa shape index (κ2) is 7.24. The summed E-state index contributed by atoms with van der Waals surface area (Å²) < 4.78 is 0. The van der Waals surface area contributed by atoms with E-state index >= 15 is 0 Å². The summed E-state index contributed by atoms with van der Waals surface area (Å²) in [6.07, 6.45) is 1.78. The standard InChI is InChI=1S/C15H24N2O2/c1-5-13(6-2)17(9-10-18)15(19)14-8-7-11(3)16-12(14)4/h7-8,13,18H,5-6,9-10H2,1-4H3. The van der Waals surface area contributed by atoms with Gasteiger partial charge >= 0.3 is 0 Å². The minimum absolute atomic E-state index is 0.0133. The summed E-state index contributed by atoms with van der Waals surface area (Å²) in [5.41, 5.74) is 2.29. The van der Waals surface area contributed by atoms with Crippen molar-refractivity contribution in [1.29, 1.82) is 0 Å². The lowest BCUT2D eigenvalue weighted by Crippen LogP contribution is -2.42. The highest BCUT2D eigenvalue weighted by Gasteiger charge is 2.23. The zero-order valence-electron chi connectivity index (χ0n) is 12.3. The van der Waals surface area contributed by atoms with E-state index in [0.29, 0.717) is 12.1 Å². The number of pyridine rings is 1. The molecule has 0 atom stereocenters. The first kappa shape index (κ1) is 15.6. The highest BCUT2D eigenvalue weighted by atomic mass is 16.3. The van der Waals surface area contributed by atoms with Gasteiger partial charge in [0, 0.05) is 18.3 Å². The van der Waals surface area contributed by atoms with E-state index in [9.17, 15) is 9.90 Å². The first-order valence-corrected chi connectivity index (χ1v) is 6.91. The van der Waals surface area contributed by atoms with E-state index in [0.717, 1.165) is 24.2 Å². The van der Waals surface area contributed by atoms with Crippen molar-refractivity contribution in [3.05, 3.63) is 29.1 Å². The smallest absolute Gasteiger partial charge is 0.256 e. The fraction of sp³-hybridized carbons (Fsp3) is 0.600. The predicted octanol–water partition coefficient (Wildman–Crippen LogP) is 2.32. The molecule has 4 heteroatoms. The molecular formula is C15H24N2O2. The van der Waals surface area contributed by atoms with Crippen LogP contribution >= 0.6 is 0 Å². The number of aliphatic hydroxyl groups is 1. The quantitative estimate of drug-likeness (QED) is 0.858. The van der Waals surface area contributed by atoms with Crippen LogP contribution in [0.4, 0.5) is 0 Å². The summed E-state index contributed by atoms with van der Waals surface area (Å²) in [4.78, 5) is 18.7. The van der Waals surface area contributed by atoms with Crippen molar-refractivity contribution in [2.45, 2.75) is 46.6 Å². The van der Waals surface area contributed by atoms with Crippen molar-refractivity contribution >= 4 is 5.91 Å². The van der Waals surface area contributed by atoms with Gasteiger partial charge in [0.05, 0.1) is 17.9 Å². The van der Waals surface area contributed by atoms with Crippen LogP contribution in [0.1, 0.15) is 48.4 Å². The van der Waals surface area contributed by atoms with Crippen LogP contribution < -0.4 is 0 Å². The SMILES string of the molecule is CCC(CC)N(CCO)C(=O)c1ccc(C)nc1C. The van der Waals surface area contributed by atoms with Crippen LogP contribution in [0.15, 0.2) is 12.1 Å². The first-order chi connectivity index (χ1) is 9.04. The molecule has 0 radical (unpaired) electrons. The van der Waals surface area contributed by atoms with Crippen LogP contribution in [0.3, 0.4) is 0 Å². The average Bonchev–Trinajstić information content (AvgIpc) is 2.38. The zero-order valence-corrected chi connectivity index (χ0v) is 12.3. The van der Waals surface area contributed by atoms with Gasteiger partial charge < -0.3 is 10.0 Å². The van der Waals surface area contributed by atoms with Gasteiger partial charge in [-0.15, -0.1) is 0 Å². The number of aliphatic hydroxyl groups excluding tert-OH is 1. The van der Waals surface area contributed by atoms with Gasteiger partial charge in [0.1, 0.15) is 0 Å². The van der Waals surface area contributed by atoms with Crippen LogP contribution in [0.25, 0.3) is 0 Å². The van der Waals surface area contributed by atoms with Gasteiger partial charge in [0.2, 0.25) is 0 Å². The molecular weight excluding hydrogens is 240 g/mol. The number of hydrogen-bond acceptors (Lipinski definition) is 3. The van der Waals surface area contributed by atoms with Crippen molar-refractivity contribution in [3.8, 4) is 0 Å². The van der Waals surface area contributed by atoms with Gasteiger partial charge in [-0.2, -0.15) is 0 Å².